The van der Waals surface area contributed by atoms with E-state index in [9.17, 15) is 0 Å². The number of rotatable bonds is 2. The van der Waals surface area contributed by atoms with Gasteiger partial charge in [0.25, 0.3) is 0 Å². The highest BCUT2D eigenvalue weighted by atomic mass is 16.3. The van der Waals surface area contributed by atoms with Crippen LogP contribution in [-0.2, 0) is 0 Å². The molecule has 0 radical (unpaired) electrons. The van der Waals surface area contributed by atoms with Crippen LogP contribution in [0.2, 0.25) is 0 Å². The third-order valence-corrected chi connectivity index (χ3v) is 1.29. The first-order valence-corrected chi connectivity index (χ1v) is 3.39. The molecular formula is C9H10O2. The van der Waals surface area contributed by atoms with Gasteiger partial charge in [-0.2, -0.15) is 0 Å². The molecule has 2 N–H and O–H groups in total. The zero-order valence-corrected chi connectivity index (χ0v) is 6.07. The Morgan fingerprint density at radius 3 is 2.82 bits per heavy atom. The molecule has 0 spiro atoms. The SMILES string of the molecule is OC/C=C\c1cccc(O)c1. The van der Waals surface area contributed by atoms with E-state index < -0.39 is 0 Å². The van der Waals surface area contributed by atoms with Crippen LogP contribution in [0.3, 0.4) is 0 Å². The minimum Gasteiger partial charge on any atom is -0.508 e. The van der Waals surface area contributed by atoms with Gasteiger partial charge >= 0.3 is 0 Å². The van der Waals surface area contributed by atoms with Gasteiger partial charge in [0.05, 0.1) is 6.61 Å². The third kappa shape index (κ3) is 2.43. The Bertz CT molecular complexity index is 253. The maximum Gasteiger partial charge on any atom is 0.116 e. The number of aliphatic hydroxyl groups is 1. The number of aromatic hydroxyl groups is 1. The number of benzene rings is 1. The second-order valence-corrected chi connectivity index (χ2v) is 2.18. The van der Waals surface area contributed by atoms with Gasteiger partial charge in [0.15, 0.2) is 0 Å². The van der Waals surface area contributed by atoms with Crippen LogP contribution in [0, 0.1) is 0 Å². The second-order valence-electron chi connectivity index (χ2n) is 2.18. The largest absolute Gasteiger partial charge is 0.508 e. The molecule has 0 fully saturated rings. The van der Waals surface area contributed by atoms with Crippen LogP contribution in [0.4, 0.5) is 0 Å². The van der Waals surface area contributed by atoms with Gasteiger partial charge in [-0.1, -0.05) is 24.3 Å². The third-order valence-electron chi connectivity index (χ3n) is 1.29. The van der Waals surface area contributed by atoms with E-state index in [1.54, 1.807) is 30.4 Å². The van der Waals surface area contributed by atoms with Gasteiger partial charge in [0, 0.05) is 0 Å². The lowest BCUT2D eigenvalue weighted by atomic mass is 10.2. The molecule has 11 heavy (non-hydrogen) atoms. The van der Waals surface area contributed by atoms with Crippen molar-refractivity contribution < 1.29 is 10.2 Å². The summed E-state index contributed by atoms with van der Waals surface area (Å²) < 4.78 is 0. The lowest BCUT2D eigenvalue weighted by molar-refractivity contribution is 0.343. The zero-order chi connectivity index (χ0) is 8.10. The minimum atomic E-state index is 0.0235. The van der Waals surface area contributed by atoms with Gasteiger partial charge in [-0.15, -0.1) is 0 Å². The Morgan fingerprint density at radius 2 is 2.18 bits per heavy atom. The fourth-order valence-electron chi connectivity index (χ4n) is 0.817. The molecule has 0 bridgehead atoms. The summed E-state index contributed by atoms with van der Waals surface area (Å²) in [6.45, 7) is 0.0235. The van der Waals surface area contributed by atoms with Crippen molar-refractivity contribution in [3.8, 4) is 5.75 Å². The predicted octanol–water partition coefficient (Wildman–Crippen LogP) is 1.40. The Kier molecular flexibility index (Phi) is 2.69. The summed E-state index contributed by atoms with van der Waals surface area (Å²) in [5.41, 5.74) is 0.888. The van der Waals surface area contributed by atoms with Gasteiger partial charge in [0.1, 0.15) is 5.75 Å². The molecule has 0 aliphatic heterocycles. The highest BCUT2D eigenvalue weighted by molar-refractivity contribution is 5.51. The topological polar surface area (TPSA) is 40.5 Å². The fourth-order valence-corrected chi connectivity index (χ4v) is 0.817. The van der Waals surface area contributed by atoms with E-state index in [0.29, 0.717) is 0 Å². The molecule has 0 heterocycles. The molecular weight excluding hydrogens is 140 g/mol. The molecule has 0 saturated heterocycles. The lowest BCUT2D eigenvalue weighted by Gasteiger charge is -1.93. The normalized spacial score (nSPS) is 10.6. The van der Waals surface area contributed by atoms with Crippen LogP contribution >= 0.6 is 0 Å². The Morgan fingerprint density at radius 1 is 1.36 bits per heavy atom. The average molecular weight is 150 g/mol. The maximum absolute atomic E-state index is 9.02. The Balaban J connectivity index is 2.79. The van der Waals surface area contributed by atoms with Crippen LogP contribution in [0.15, 0.2) is 30.3 Å². The van der Waals surface area contributed by atoms with E-state index in [-0.39, 0.29) is 12.4 Å². The summed E-state index contributed by atoms with van der Waals surface area (Å²) in [5, 5.41) is 17.5. The lowest BCUT2D eigenvalue weighted by Crippen LogP contribution is -1.73. The molecule has 0 aliphatic carbocycles. The average Bonchev–Trinajstić information content (AvgIpc) is 2.01. The fraction of sp³-hybridized carbons (Fsp3) is 0.111. The van der Waals surface area contributed by atoms with Crippen molar-refractivity contribution in [2.75, 3.05) is 6.61 Å². The van der Waals surface area contributed by atoms with E-state index in [4.69, 9.17) is 10.2 Å². The maximum atomic E-state index is 9.02. The standard InChI is InChI=1S/C9H10O2/c10-6-2-4-8-3-1-5-9(11)7-8/h1-5,7,10-11H,6H2/b4-2-. The van der Waals surface area contributed by atoms with Crippen molar-refractivity contribution >= 4 is 6.08 Å². The van der Waals surface area contributed by atoms with Crippen molar-refractivity contribution in [2.24, 2.45) is 0 Å². The van der Waals surface area contributed by atoms with Gasteiger partial charge in [0.2, 0.25) is 0 Å². The zero-order valence-electron chi connectivity index (χ0n) is 6.07. The molecule has 1 rings (SSSR count). The molecule has 0 saturated carbocycles. The van der Waals surface area contributed by atoms with Crippen molar-refractivity contribution in [1.82, 2.24) is 0 Å². The van der Waals surface area contributed by atoms with Crippen LogP contribution in [0.5, 0.6) is 5.75 Å². The number of phenols is 1. The molecule has 2 heteroatoms. The summed E-state index contributed by atoms with van der Waals surface area (Å²) in [7, 11) is 0. The first-order valence-electron chi connectivity index (χ1n) is 3.39. The molecule has 0 amide bonds. The van der Waals surface area contributed by atoms with E-state index in [1.165, 1.54) is 0 Å². The summed E-state index contributed by atoms with van der Waals surface area (Å²) in [4.78, 5) is 0. The molecule has 0 atom stereocenters. The highest BCUT2D eigenvalue weighted by Gasteiger charge is 1.87. The van der Waals surface area contributed by atoms with Gasteiger partial charge < -0.3 is 10.2 Å². The first kappa shape index (κ1) is 7.82. The van der Waals surface area contributed by atoms with E-state index >= 15 is 0 Å². The molecule has 0 unspecified atom stereocenters. The number of phenolic OH excluding ortho intramolecular Hbond substituents is 1. The smallest absolute Gasteiger partial charge is 0.116 e. The summed E-state index contributed by atoms with van der Waals surface area (Å²) >= 11 is 0. The molecule has 1 aromatic carbocycles. The summed E-state index contributed by atoms with van der Waals surface area (Å²) in [5.74, 6) is 0.241. The van der Waals surface area contributed by atoms with Crippen LogP contribution < -0.4 is 0 Å². The van der Waals surface area contributed by atoms with Crippen LogP contribution in [0.25, 0.3) is 6.08 Å². The predicted molar refractivity (Wildman–Crippen MR) is 44.2 cm³/mol. The van der Waals surface area contributed by atoms with Crippen molar-refractivity contribution in [3.63, 3.8) is 0 Å². The minimum absolute atomic E-state index is 0.0235. The number of hydrogen-bond donors (Lipinski definition) is 2. The van der Waals surface area contributed by atoms with Gasteiger partial charge in [-0.3, -0.25) is 0 Å². The van der Waals surface area contributed by atoms with Crippen molar-refractivity contribution in [2.45, 2.75) is 0 Å². The molecule has 58 valence electrons. The highest BCUT2D eigenvalue weighted by Crippen LogP contribution is 2.11. The quantitative estimate of drug-likeness (QED) is 0.669. The molecule has 2 nitrogen and oxygen atoms in total. The summed E-state index contributed by atoms with van der Waals surface area (Å²) in [6.07, 6.45) is 3.37. The second kappa shape index (κ2) is 3.78. The Hall–Kier alpha value is -1.28. The van der Waals surface area contributed by atoms with E-state index in [1.807, 2.05) is 6.07 Å². The summed E-state index contributed by atoms with van der Waals surface area (Å²) in [6, 6.07) is 6.85. The van der Waals surface area contributed by atoms with Crippen LogP contribution in [-0.4, -0.2) is 16.8 Å². The Labute approximate surface area is 65.4 Å². The molecule has 1 aromatic rings. The van der Waals surface area contributed by atoms with Gasteiger partial charge in [-0.25, -0.2) is 0 Å². The van der Waals surface area contributed by atoms with Gasteiger partial charge in [-0.05, 0) is 17.7 Å². The van der Waals surface area contributed by atoms with E-state index in [0.717, 1.165) is 5.56 Å². The van der Waals surface area contributed by atoms with Crippen LogP contribution in [0.1, 0.15) is 5.56 Å². The molecule has 0 aromatic heterocycles. The number of hydrogen-bond acceptors (Lipinski definition) is 2. The molecule has 0 aliphatic rings. The monoisotopic (exact) mass is 150 g/mol. The van der Waals surface area contributed by atoms with Crippen molar-refractivity contribution in [1.29, 1.82) is 0 Å². The van der Waals surface area contributed by atoms with Crippen molar-refractivity contribution in [3.05, 3.63) is 35.9 Å². The van der Waals surface area contributed by atoms with E-state index in [2.05, 4.69) is 0 Å². The number of aliphatic hydroxyl groups excluding tert-OH is 1. The first-order chi connectivity index (χ1) is 5.33.